The number of likely N-dealkylation sites (N-methyl/N-ethyl adjacent to an activating group) is 1. The first-order valence-corrected chi connectivity index (χ1v) is 11.5. The van der Waals surface area contributed by atoms with Crippen LogP contribution in [0.25, 0.3) is 5.76 Å². The van der Waals surface area contributed by atoms with Crippen LogP contribution < -0.4 is 9.47 Å². The standard InChI is InChI=1S/C25H27N3O7/c1-3-26(4-2)10-11-27-22(16-6-5-7-18(14-16)28(32)33)21(24(30)25(27)31)23(29)17-8-9-19-20(15-17)35-13-12-34-19/h5-9,14-15,22,29H,3-4,10-13H2,1-2H3. The maximum Gasteiger partial charge on any atom is 0.295 e. The van der Waals surface area contributed by atoms with Crippen LogP contribution in [-0.2, 0) is 9.59 Å². The third-order valence-corrected chi connectivity index (χ3v) is 6.30. The van der Waals surface area contributed by atoms with E-state index in [-0.39, 0.29) is 29.1 Å². The topological polar surface area (TPSA) is 122 Å². The van der Waals surface area contributed by atoms with Crippen molar-refractivity contribution in [1.82, 2.24) is 9.80 Å². The van der Waals surface area contributed by atoms with Gasteiger partial charge in [-0.1, -0.05) is 26.0 Å². The summed E-state index contributed by atoms with van der Waals surface area (Å²) in [5.41, 5.74) is 0.367. The number of amides is 1. The van der Waals surface area contributed by atoms with Gasteiger partial charge in [0.1, 0.15) is 19.0 Å². The summed E-state index contributed by atoms with van der Waals surface area (Å²) >= 11 is 0. The van der Waals surface area contributed by atoms with E-state index < -0.39 is 22.7 Å². The van der Waals surface area contributed by atoms with Crippen LogP contribution in [0.2, 0.25) is 0 Å². The maximum absolute atomic E-state index is 13.2. The quantitative estimate of drug-likeness (QED) is 0.201. The Hall–Kier alpha value is -3.92. The van der Waals surface area contributed by atoms with Crippen molar-refractivity contribution in [3.63, 3.8) is 0 Å². The Morgan fingerprint density at radius 1 is 1.11 bits per heavy atom. The van der Waals surface area contributed by atoms with E-state index in [9.17, 15) is 24.8 Å². The Balaban J connectivity index is 1.82. The highest BCUT2D eigenvalue weighted by Gasteiger charge is 2.46. The molecule has 1 unspecified atom stereocenters. The summed E-state index contributed by atoms with van der Waals surface area (Å²) in [4.78, 5) is 40.7. The van der Waals surface area contributed by atoms with Crippen LogP contribution in [0.4, 0.5) is 5.69 Å². The van der Waals surface area contributed by atoms with Crippen LogP contribution >= 0.6 is 0 Å². The fraction of sp³-hybridized carbons (Fsp3) is 0.360. The lowest BCUT2D eigenvalue weighted by molar-refractivity contribution is -0.384. The zero-order valence-corrected chi connectivity index (χ0v) is 19.6. The number of hydrogen-bond donors (Lipinski definition) is 1. The predicted molar refractivity (Wildman–Crippen MR) is 127 cm³/mol. The SMILES string of the molecule is CCN(CC)CCN1C(=O)C(=O)C(=C(O)c2ccc3c(c2)OCCO3)C1c1cccc([N+](=O)[O-])c1. The minimum absolute atomic E-state index is 0.119. The molecule has 2 aliphatic rings. The van der Waals surface area contributed by atoms with Gasteiger partial charge in [-0.3, -0.25) is 19.7 Å². The molecule has 2 heterocycles. The summed E-state index contributed by atoms with van der Waals surface area (Å²) in [6.07, 6.45) is 0. The van der Waals surface area contributed by atoms with Gasteiger partial charge in [0.15, 0.2) is 11.5 Å². The Labute approximate surface area is 202 Å². The van der Waals surface area contributed by atoms with Gasteiger partial charge in [0.25, 0.3) is 17.4 Å². The normalized spacial score (nSPS) is 18.8. The molecule has 35 heavy (non-hydrogen) atoms. The van der Waals surface area contributed by atoms with Crippen LogP contribution in [0.1, 0.15) is 31.0 Å². The van der Waals surface area contributed by atoms with Crippen molar-refractivity contribution in [3.8, 4) is 11.5 Å². The van der Waals surface area contributed by atoms with E-state index in [1.807, 2.05) is 13.8 Å². The smallest absolute Gasteiger partial charge is 0.295 e. The first kappa shape index (κ1) is 24.2. The van der Waals surface area contributed by atoms with Gasteiger partial charge in [0, 0.05) is 30.8 Å². The van der Waals surface area contributed by atoms with Crippen molar-refractivity contribution in [2.24, 2.45) is 0 Å². The number of benzene rings is 2. The second kappa shape index (κ2) is 10.1. The molecule has 2 aromatic carbocycles. The third-order valence-electron chi connectivity index (χ3n) is 6.30. The molecular formula is C25H27N3O7. The number of likely N-dealkylation sites (tertiary alicyclic amines) is 1. The molecule has 2 aromatic rings. The minimum atomic E-state index is -0.973. The summed E-state index contributed by atoms with van der Waals surface area (Å²) in [6, 6.07) is 9.58. The number of non-ortho nitro benzene ring substituents is 1. The number of carbonyl (C=O) groups excluding carboxylic acids is 2. The molecule has 0 spiro atoms. The molecule has 1 fully saturated rings. The lowest BCUT2D eigenvalue weighted by atomic mass is 9.95. The number of ketones is 1. The molecule has 1 atom stereocenters. The van der Waals surface area contributed by atoms with Crippen molar-refractivity contribution in [2.75, 3.05) is 39.4 Å². The molecule has 1 saturated heterocycles. The summed E-state index contributed by atoms with van der Waals surface area (Å²) < 4.78 is 11.1. The van der Waals surface area contributed by atoms with Crippen LogP contribution in [0, 0.1) is 10.1 Å². The van der Waals surface area contributed by atoms with Gasteiger partial charge in [-0.2, -0.15) is 0 Å². The van der Waals surface area contributed by atoms with Gasteiger partial charge < -0.3 is 24.4 Å². The molecule has 10 heteroatoms. The van der Waals surface area contributed by atoms with Crippen molar-refractivity contribution in [2.45, 2.75) is 19.9 Å². The van der Waals surface area contributed by atoms with E-state index in [1.54, 1.807) is 24.3 Å². The summed E-state index contributed by atoms with van der Waals surface area (Å²) in [6.45, 7) is 7.00. The number of fused-ring (bicyclic) bond motifs is 1. The molecule has 1 amide bonds. The van der Waals surface area contributed by atoms with E-state index in [0.717, 1.165) is 13.1 Å². The molecule has 10 nitrogen and oxygen atoms in total. The monoisotopic (exact) mass is 481 g/mol. The molecule has 1 N–H and O–H groups in total. The Morgan fingerprint density at radius 3 is 2.51 bits per heavy atom. The van der Waals surface area contributed by atoms with Gasteiger partial charge in [0.05, 0.1) is 16.5 Å². The number of Topliss-reactive ketones (excluding diaryl/α,β-unsaturated/α-hetero) is 1. The number of carbonyl (C=O) groups is 2. The van der Waals surface area contributed by atoms with Crippen molar-refractivity contribution in [1.29, 1.82) is 0 Å². The van der Waals surface area contributed by atoms with Crippen molar-refractivity contribution in [3.05, 3.63) is 69.3 Å². The van der Waals surface area contributed by atoms with Crippen molar-refractivity contribution >= 4 is 23.1 Å². The fourth-order valence-corrected chi connectivity index (χ4v) is 4.40. The van der Waals surface area contributed by atoms with Gasteiger partial charge in [0.2, 0.25) is 0 Å². The van der Waals surface area contributed by atoms with E-state index >= 15 is 0 Å². The minimum Gasteiger partial charge on any atom is -0.507 e. The first-order valence-electron chi connectivity index (χ1n) is 11.5. The molecule has 0 aliphatic carbocycles. The highest BCUT2D eigenvalue weighted by atomic mass is 16.6. The number of nitro groups is 1. The molecule has 0 radical (unpaired) electrons. The van der Waals surface area contributed by atoms with Gasteiger partial charge in [-0.15, -0.1) is 0 Å². The highest BCUT2D eigenvalue weighted by Crippen LogP contribution is 2.41. The van der Waals surface area contributed by atoms with E-state index in [1.165, 1.54) is 23.1 Å². The summed E-state index contributed by atoms with van der Waals surface area (Å²) in [5, 5.41) is 22.7. The molecule has 4 rings (SSSR count). The number of hydrogen-bond acceptors (Lipinski definition) is 8. The maximum atomic E-state index is 13.2. The Morgan fingerprint density at radius 2 is 1.83 bits per heavy atom. The lowest BCUT2D eigenvalue weighted by Crippen LogP contribution is -2.38. The zero-order chi connectivity index (χ0) is 25.1. The number of nitrogens with zero attached hydrogens (tertiary/aromatic N) is 3. The fourth-order valence-electron chi connectivity index (χ4n) is 4.40. The molecule has 0 saturated carbocycles. The highest BCUT2D eigenvalue weighted by molar-refractivity contribution is 6.46. The second-order valence-corrected chi connectivity index (χ2v) is 8.23. The number of aliphatic hydroxyl groups is 1. The van der Waals surface area contributed by atoms with Crippen molar-refractivity contribution < 1.29 is 29.1 Å². The Kier molecular flexibility index (Phi) is 7.02. The molecule has 0 aromatic heterocycles. The van der Waals surface area contributed by atoms with Crippen LogP contribution in [0.15, 0.2) is 48.0 Å². The Bertz CT molecular complexity index is 1190. The summed E-state index contributed by atoms with van der Waals surface area (Å²) in [5.74, 6) is -1.03. The van der Waals surface area contributed by atoms with E-state index in [2.05, 4.69) is 4.90 Å². The molecule has 2 aliphatic heterocycles. The largest absolute Gasteiger partial charge is 0.507 e. The summed E-state index contributed by atoms with van der Waals surface area (Å²) in [7, 11) is 0. The number of aliphatic hydroxyl groups excluding tert-OH is 1. The van der Waals surface area contributed by atoms with Crippen LogP contribution in [-0.4, -0.2) is 70.9 Å². The predicted octanol–water partition coefficient (Wildman–Crippen LogP) is 3.13. The molecular weight excluding hydrogens is 454 g/mol. The van der Waals surface area contributed by atoms with E-state index in [4.69, 9.17) is 9.47 Å². The average molecular weight is 482 g/mol. The number of ether oxygens (including phenoxy) is 2. The van der Waals surface area contributed by atoms with Crippen LogP contribution in [0.3, 0.4) is 0 Å². The second-order valence-electron chi connectivity index (χ2n) is 8.23. The van der Waals surface area contributed by atoms with Gasteiger partial charge in [-0.05, 0) is 36.9 Å². The molecule has 0 bridgehead atoms. The third kappa shape index (κ3) is 4.69. The average Bonchev–Trinajstić information content (AvgIpc) is 3.13. The first-order chi connectivity index (χ1) is 16.8. The van der Waals surface area contributed by atoms with Gasteiger partial charge >= 0.3 is 0 Å². The lowest BCUT2D eigenvalue weighted by Gasteiger charge is -2.28. The zero-order valence-electron chi connectivity index (χ0n) is 19.6. The van der Waals surface area contributed by atoms with Crippen LogP contribution in [0.5, 0.6) is 11.5 Å². The van der Waals surface area contributed by atoms with E-state index in [0.29, 0.717) is 36.8 Å². The van der Waals surface area contributed by atoms with Gasteiger partial charge in [-0.25, -0.2) is 0 Å². The molecule has 184 valence electrons. The number of nitro benzene ring substituents is 1. The number of rotatable bonds is 8.